The van der Waals surface area contributed by atoms with Crippen LogP contribution < -0.4 is 0 Å². The maximum absolute atomic E-state index is 11.1. The molecule has 1 rings (SSSR count). The van der Waals surface area contributed by atoms with Crippen molar-refractivity contribution in [2.45, 2.75) is 39.5 Å². The maximum atomic E-state index is 11.1. The third-order valence-electron chi connectivity index (χ3n) is 2.25. The summed E-state index contributed by atoms with van der Waals surface area (Å²) in [5.74, 6) is 2.25. The van der Waals surface area contributed by atoms with Crippen LogP contribution in [0.15, 0.2) is 18.3 Å². The number of ether oxygens (including phenoxy) is 1. The Bertz CT molecular complexity index is 376. The highest BCUT2D eigenvalue weighted by Crippen LogP contribution is 2.06. The standard InChI is InChI=1S/C13H15NO2.C2H6/c1-3-4-5-6-7-12-9-8-11(10-14-12)13(15)16-2;1-2/h1,8-10H,4-7H2,2H3;1-2H3. The van der Waals surface area contributed by atoms with Crippen LogP contribution in [0.4, 0.5) is 0 Å². The molecule has 0 spiro atoms. The van der Waals surface area contributed by atoms with Gasteiger partial charge in [0.25, 0.3) is 0 Å². The first-order valence-corrected chi connectivity index (χ1v) is 6.24. The van der Waals surface area contributed by atoms with E-state index >= 15 is 0 Å². The smallest absolute Gasteiger partial charge is 0.339 e. The molecule has 1 aromatic heterocycles. The summed E-state index contributed by atoms with van der Waals surface area (Å²) in [6.07, 6.45) is 10.4. The molecule has 0 unspecified atom stereocenters. The summed E-state index contributed by atoms with van der Waals surface area (Å²) in [7, 11) is 1.36. The van der Waals surface area contributed by atoms with Gasteiger partial charge in [0.2, 0.25) is 0 Å². The summed E-state index contributed by atoms with van der Waals surface area (Å²) >= 11 is 0. The van der Waals surface area contributed by atoms with Crippen LogP contribution in [0.3, 0.4) is 0 Å². The summed E-state index contributed by atoms with van der Waals surface area (Å²) in [6, 6.07) is 3.58. The van der Waals surface area contributed by atoms with Crippen molar-refractivity contribution in [1.29, 1.82) is 0 Å². The van der Waals surface area contributed by atoms with Crippen LogP contribution in [0.5, 0.6) is 0 Å². The minimum absolute atomic E-state index is 0.355. The van der Waals surface area contributed by atoms with E-state index in [1.807, 2.05) is 19.9 Å². The summed E-state index contributed by atoms with van der Waals surface area (Å²) in [5, 5.41) is 0. The maximum Gasteiger partial charge on any atom is 0.339 e. The van der Waals surface area contributed by atoms with E-state index in [2.05, 4.69) is 15.6 Å². The number of aromatic nitrogens is 1. The Hall–Kier alpha value is -1.82. The Morgan fingerprint density at radius 3 is 2.61 bits per heavy atom. The van der Waals surface area contributed by atoms with Crippen molar-refractivity contribution in [2.24, 2.45) is 0 Å². The molecule has 1 aromatic rings. The van der Waals surface area contributed by atoms with Crippen LogP contribution in [0.2, 0.25) is 0 Å². The van der Waals surface area contributed by atoms with Gasteiger partial charge >= 0.3 is 5.97 Å². The number of carbonyl (C=O) groups is 1. The highest BCUT2D eigenvalue weighted by molar-refractivity contribution is 5.88. The van der Waals surface area contributed by atoms with Crippen molar-refractivity contribution in [2.75, 3.05) is 7.11 Å². The zero-order chi connectivity index (χ0) is 13.8. The molecule has 0 bridgehead atoms. The Labute approximate surface area is 110 Å². The van der Waals surface area contributed by atoms with Gasteiger partial charge in [-0.25, -0.2) is 4.79 Å². The second kappa shape index (κ2) is 10.3. The molecular weight excluding hydrogens is 226 g/mol. The van der Waals surface area contributed by atoms with Crippen molar-refractivity contribution in [3.05, 3.63) is 29.6 Å². The fraction of sp³-hybridized carbons (Fsp3) is 0.467. The minimum atomic E-state index is -0.355. The van der Waals surface area contributed by atoms with Gasteiger partial charge in [0.1, 0.15) is 0 Å². The molecule has 3 heteroatoms. The number of terminal acetylenes is 1. The SMILES string of the molecule is C#CCCCCc1ccc(C(=O)OC)cn1.CC. The summed E-state index contributed by atoms with van der Waals surface area (Å²) < 4.78 is 4.59. The van der Waals surface area contributed by atoms with E-state index in [0.717, 1.165) is 31.4 Å². The largest absolute Gasteiger partial charge is 0.465 e. The van der Waals surface area contributed by atoms with Gasteiger partial charge in [-0.2, -0.15) is 0 Å². The van der Waals surface area contributed by atoms with E-state index in [-0.39, 0.29) is 5.97 Å². The van der Waals surface area contributed by atoms with Gasteiger partial charge in [0, 0.05) is 18.3 Å². The first kappa shape index (κ1) is 16.2. The number of carbonyl (C=O) groups excluding carboxylic acids is 1. The third kappa shape index (κ3) is 6.05. The molecule has 3 nitrogen and oxygen atoms in total. The lowest BCUT2D eigenvalue weighted by atomic mass is 10.1. The number of aryl methyl sites for hydroxylation is 1. The summed E-state index contributed by atoms with van der Waals surface area (Å²) in [6.45, 7) is 4.00. The van der Waals surface area contributed by atoms with Crippen molar-refractivity contribution in [1.82, 2.24) is 4.98 Å². The molecule has 18 heavy (non-hydrogen) atoms. The molecule has 0 N–H and O–H groups in total. The van der Waals surface area contributed by atoms with Gasteiger partial charge in [-0.05, 0) is 31.4 Å². The predicted molar refractivity (Wildman–Crippen MR) is 73.3 cm³/mol. The predicted octanol–water partition coefficient (Wildman–Crippen LogP) is 3.24. The molecule has 0 amide bonds. The fourth-order valence-corrected chi connectivity index (χ4v) is 1.34. The van der Waals surface area contributed by atoms with E-state index in [1.54, 1.807) is 12.3 Å². The highest BCUT2D eigenvalue weighted by Gasteiger charge is 2.04. The average molecular weight is 247 g/mol. The number of unbranched alkanes of at least 4 members (excludes halogenated alkanes) is 2. The molecular formula is C15H21NO2. The number of hydrogen-bond donors (Lipinski definition) is 0. The lowest BCUT2D eigenvalue weighted by Crippen LogP contribution is -2.02. The van der Waals surface area contributed by atoms with Gasteiger partial charge in [0.15, 0.2) is 0 Å². The molecule has 98 valence electrons. The molecule has 0 aromatic carbocycles. The Balaban J connectivity index is 0.00000137. The molecule has 0 aliphatic carbocycles. The van der Waals surface area contributed by atoms with Gasteiger partial charge in [-0.3, -0.25) is 4.98 Å². The number of pyridine rings is 1. The second-order valence-electron chi connectivity index (χ2n) is 3.44. The van der Waals surface area contributed by atoms with E-state index in [9.17, 15) is 4.79 Å². The van der Waals surface area contributed by atoms with Crippen LogP contribution in [0.1, 0.15) is 49.2 Å². The molecule has 0 atom stereocenters. The van der Waals surface area contributed by atoms with Gasteiger partial charge in [-0.1, -0.05) is 13.8 Å². The number of nitrogens with zero attached hydrogens (tertiary/aromatic N) is 1. The lowest BCUT2D eigenvalue weighted by molar-refractivity contribution is 0.0600. The lowest BCUT2D eigenvalue weighted by Gasteiger charge is -2.01. The number of esters is 1. The fourth-order valence-electron chi connectivity index (χ4n) is 1.34. The topological polar surface area (TPSA) is 39.2 Å². The molecule has 0 saturated carbocycles. The van der Waals surface area contributed by atoms with E-state index in [0.29, 0.717) is 5.56 Å². The Morgan fingerprint density at radius 2 is 2.11 bits per heavy atom. The summed E-state index contributed by atoms with van der Waals surface area (Å²) in [5.41, 5.74) is 1.46. The van der Waals surface area contributed by atoms with Gasteiger partial charge in [0.05, 0.1) is 12.7 Å². The van der Waals surface area contributed by atoms with Crippen molar-refractivity contribution in [3.63, 3.8) is 0 Å². The Kier molecular flexibility index (Phi) is 9.30. The number of rotatable bonds is 5. The van der Waals surface area contributed by atoms with Crippen molar-refractivity contribution in [3.8, 4) is 12.3 Å². The van der Waals surface area contributed by atoms with Gasteiger partial charge < -0.3 is 4.74 Å². The quantitative estimate of drug-likeness (QED) is 0.455. The zero-order valence-corrected chi connectivity index (χ0v) is 11.4. The third-order valence-corrected chi connectivity index (χ3v) is 2.25. The second-order valence-corrected chi connectivity index (χ2v) is 3.44. The van der Waals surface area contributed by atoms with Crippen LogP contribution in [0.25, 0.3) is 0 Å². The molecule has 1 heterocycles. The van der Waals surface area contributed by atoms with Crippen molar-refractivity contribution >= 4 is 5.97 Å². The molecule has 0 aliphatic heterocycles. The normalized spacial score (nSPS) is 8.78. The molecule has 0 fully saturated rings. The highest BCUT2D eigenvalue weighted by atomic mass is 16.5. The first-order chi connectivity index (χ1) is 8.77. The zero-order valence-electron chi connectivity index (χ0n) is 11.4. The van der Waals surface area contributed by atoms with E-state index < -0.39 is 0 Å². The number of hydrogen-bond acceptors (Lipinski definition) is 3. The molecule has 0 radical (unpaired) electrons. The van der Waals surface area contributed by atoms with E-state index in [4.69, 9.17) is 6.42 Å². The average Bonchev–Trinajstić information content (AvgIpc) is 2.45. The first-order valence-electron chi connectivity index (χ1n) is 6.24. The van der Waals surface area contributed by atoms with Crippen molar-refractivity contribution < 1.29 is 9.53 Å². The van der Waals surface area contributed by atoms with Crippen LogP contribution in [-0.4, -0.2) is 18.1 Å². The minimum Gasteiger partial charge on any atom is -0.465 e. The van der Waals surface area contributed by atoms with Gasteiger partial charge in [-0.15, -0.1) is 12.3 Å². The Morgan fingerprint density at radius 1 is 1.39 bits per heavy atom. The van der Waals surface area contributed by atoms with Crippen LogP contribution >= 0.6 is 0 Å². The molecule has 0 saturated heterocycles. The molecule has 0 aliphatic rings. The van der Waals surface area contributed by atoms with Crippen LogP contribution in [-0.2, 0) is 11.2 Å². The number of methoxy groups -OCH3 is 1. The summed E-state index contributed by atoms with van der Waals surface area (Å²) in [4.78, 5) is 15.3. The van der Waals surface area contributed by atoms with Crippen LogP contribution in [0, 0.1) is 12.3 Å². The monoisotopic (exact) mass is 247 g/mol. The van der Waals surface area contributed by atoms with E-state index in [1.165, 1.54) is 7.11 Å².